The van der Waals surface area contributed by atoms with E-state index in [1.165, 1.54) is 0 Å². The zero-order valence-corrected chi connectivity index (χ0v) is 10.5. The van der Waals surface area contributed by atoms with E-state index in [2.05, 4.69) is 10.5 Å². The number of phenols is 1. The highest BCUT2D eigenvalue weighted by Crippen LogP contribution is 2.19. The number of hydrazone groups is 1. The van der Waals surface area contributed by atoms with Crippen LogP contribution < -0.4 is 5.43 Å². The molecular formula is C15H16N2O. The van der Waals surface area contributed by atoms with Crippen LogP contribution in [0.3, 0.4) is 0 Å². The summed E-state index contributed by atoms with van der Waals surface area (Å²) in [5.41, 5.74) is 6.48. The third-order valence-electron chi connectivity index (χ3n) is 2.67. The first-order chi connectivity index (χ1) is 8.66. The van der Waals surface area contributed by atoms with Crippen LogP contribution in [0.2, 0.25) is 0 Å². The highest BCUT2D eigenvalue weighted by atomic mass is 16.3. The van der Waals surface area contributed by atoms with Gasteiger partial charge in [0.1, 0.15) is 5.75 Å². The molecule has 0 bridgehead atoms. The predicted molar refractivity (Wildman–Crippen MR) is 75.1 cm³/mol. The summed E-state index contributed by atoms with van der Waals surface area (Å²) in [5.74, 6) is 0.247. The molecule has 0 fully saturated rings. The minimum atomic E-state index is 0.247. The minimum Gasteiger partial charge on any atom is -0.507 e. The molecule has 2 rings (SSSR count). The molecule has 0 spiro atoms. The Labute approximate surface area is 107 Å². The second-order valence-corrected chi connectivity index (χ2v) is 4.20. The van der Waals surface area contributed by atoms with Gasteiger partial charge in [-0.05, 0) is 38.1 Å². The van der Waals surface area contributed by atoms with E-state index in [1.54, 1.807) is 6.07 Å². The third kappa shape index (κ3) is 2.88. The van der Waals surface area contributed by atoms with Crippen molar-refractivity contribution in [2.75, 3.05) is 5.43 Å². The van der Waals surface area contributed by atoms with E-state index in [1.807, 2.05) is 56.3 Å². The number of para-hydroxylation sites is 1. The van der Waals surface area contributed by atoms with Gasteiger partial charge in [-0.25, -0.2) is 0 Å². The van der Waals surface area contributed by atoms with E-state index < -0.39 is 0 Å². The van der Waals surface area contributed by atoms with Crippen molar-refractivity contribution in [1.29, 1.82) is 0 Å². The summed E-state index contributed by atoms with van der Waals surface area (Å²) >= 11 is 0. The van der Waals surface area contributed by atoms with Crippen LogP contribution in [0.1, 0.15) is 18.1 Å². The third-order valence-corrected chi connectivity index (χ3v) is 2.67. The molecular weight excluding hydrogens is 224 g/mol. The predicted octanol–water partition coefficient (Wildman–Crippen LogP) is 3.54. The second-order valence-electron chi connectivity index (χ2n) is 4.20. The van der Waals surface area contributed by atoms with Gasteiger partial charge in [0.2, 0.25) is 0 Å². The fraction of sp³-hybridized carbons (Fsp3) is 0.133. The van der Waals surface area contributed by atoms with Crippen molar-refractivity contribution in [1.82, 2.24) is 0 Å². The van der Waals surface area contributed by atoms with Crippen LogP contribution >= 0.6 is 0 Å². The van der Waals surface area contributed by atoms with E-state index in [4.69, 9.17) is 0 Å². The van der Waals surface area contributed by atoms with Crippen molar-refractivity contribution in [3.63, 3.8) is 0 Å². The van der Waals surface area contributed by atoms with Gasteiger partial charge in [0.25, 0.3) is 0 Å². The summed E-state index contributed by atoms with van der Waals surface area (Å²) < 4.78 is 0. The van der Waals surface area contributed by atoms with Crippen LogP contribution in [0, 0.1) is 6.92 Å². The number of aromatic hydroxyl groups is 1. The molecule has 0 amide bonds. The van der Waals surface area contributed by atoms with Crippen molar-refractivity contribution in [3.05, 3.63) is 59.7 Å². The Hall–Kier alpha value is -2.29. The monoisotopic (exact) mass is 240 g/mol. The Bertz CT molecular complexity index is 562. The summed E-state index contributed by atoms with van der Waals surface area (Å²) in [5, 5.41) is 14.1. The number of rotatable bonds is 3. The molecule has 0 unspecified atom stereocenters. The van der Waals surface area contributed by atoms with Crippen molar-refractivity contribution in [3.8, 4) is 5.75 Å². The van der Waals surface area contributed by atoms with Gasteiger partial charge in [-0.3, -0.25) is 5.43 Å². The van der Waals surface area contributed by atoms with Gasteiger partial charge in [0, 0.05) is 5.56 Å². The quantitative estimate of drug-likeness (QED) is 0.636. The highest BCUT2D eigenvalue weighted by Gasteiger charge is 2.04. The highest BCUT2D eigenvalue weighted by molar-refractivity contribution is 6.01. The standard InChI is InChI=1S/C15H16N2O/c1-11-8-9-15(18)14(10-11)12(2)16-17-13-6-4-3-5-7-13/h3-10,17-18H,1-2H3/b16-12-. The molecule has 0 aliphatic heterocycles. The van der Waals surface area contributed by atoms with Gasteiger partial charge in [0.05, 0.1) is 11.4 Å². The maximum atomic E-state index is 9.79. The number of nitrogens with one attached hydrogen (secondary N) is 1. The normalized spacial score (nSPS) is 11.3. The molecule has 3 nitrogen and oxygen atoms in total. The minimum absolute atomic E-state index is 0.247. The Morgan fingerprint density at radius 1 is 1.11 bits per heavy atom. The zero-order chi connectivity index (χ0) is 13.0. The molecule has 0 saturated carbocycles. The molecule has 18 heavy (non-hydrogen) atoms. The van der Waals surface area contributed by atoms with Gasteiger partial charge >= 0.3 is 0 Å². The lowest BCUT2D eigenvalue weighted by Gasteiger charge is -2.06. The largest absolute Gasteiger partial charge is 0.507 e. The van der Waals surface area contributed by atoms with Gasteiger partial charge in [-0.1, -0.05) is 29.8 Å². The van der Waals surface area contributed by atoms with E-state index in [0.717, 1.165) is 22.5 Å². The molecule has 0 aliphatic rings. The first-order valence-corrected chi connectivity index (χ1v) is 5.82. The molecule has 0 radical (unpaired) electrons. The maximum absolute atomic E-state index is 9.79. The fourth-order valence-electron chi connectivity index (χ4n) is 1.66. The van der Waals surface area contributed by atoms with Crippen LogP contribution in [0.25, 0.3) is 0 Å². The summed E-state index contributed by atoms with van der Waals surface area (Å²) in [6, 6.07) is 15.2. The van der Waals surface area contributed by atoms with E-state index in [-0.39, 0.29) is 5.75 Å². The summed E-state index contributed by atoms with van der Waals surface area (Å²) in [4.78, 5) is 0. The van der Waals surface area contributed by atoms with Crippen LogP contribution in [0.4, 0.5) is 5.69 Å². The van der Waals surface area contributed by atoms with Gasteiger partial charge in [-0.15, -0.1) is 0 Å². The summed E-state index contributed by atoms with van der Waals surface area (Å²) in [6.07, 6.45) is 0. The average Bonchev–Trinajstić information content (AvgIpc) is 2.40. The maximum Gasteiger partial charge on any atom is 0.124 e. The van der Waals surface area contributed by atoms with Crippen LogP contribution in [0.5, 0.6) is 5.75 Å². The lowest BCUT2D eigenvalue weighted by molar-refractivity contribution is 0.474. The van der Waals surface area contributed by atoms with Gasteiger partial charge in [0.15, 0.2) is 0 Å². The molecule has 0 atom stereocenters. The SMILES string of the molecule is C/C(=N/Nc1ccccc1)c1cc(C)ccc1O. The first kappa shape index (κ1) is 12.2. The van der Waals surface area contributed by atoms with Crippen LogP contribution in [0.15, 0.2) is 53.6 Å². The number of anilines is 1. The number of aryl methyl sites for hydroxylation is 1. The molecule has 3 heteroatoms. The summed E-state index contributed by atoms with van der Waals surface area (Å²) in [7, 11) is 0. The Balaban J connectivity index is 2.20. The van der Waals surface area contributed by atoms with Crippen molar-refractivity contribution >= 4 is 11.4 Å². The van der Waals surface area contributed by atoms with E-state index >= 15 is 0 Å². The van der Waals surface area contributed by atoms with Crippen molar-refractivity contribution in [2.24, 2.45) is 5.10 Å². The number of nitrogens with zero attached hydrogens (tertiary/aromatic N) is 1. The molecule has 2 N–H and O–H groups in total. The first-order valence-electron chi connectivity index (χ1n) is 5.82. The number of phenolic OH excluding ortho intramolecular Hbond substituents is 1. The number of hydrogen-bond donors (Lipinski definition) is 2. The Morgan fingerprint density at radius 2 is 1.83 bits per heavy atom. The lowest BCUT2D eigenvalue weighted by atomic mass is 10.1. The van der Waals surface area contributed by atoms with E-state index in [0.29, 0.717) is 0 Å². The molecule has 92 valence electrons. The average molecular weight is 240 g/mol. The number of hydrogen-bond acceptors (Lipinski definition) is 3. The van der Waals surface area contributed by atoms with Crippen LogP contribution in [-0.4, -0.2) is 10.8 Å². The molecule has 0 aromatic heterocycles. The molecule has 0 saturated heterocycles. The molecule has 0 heterocycles. The van der Waals surface area contributed by atoms with Crippen molar-refractivity contribution in [2.45, 2.75) is 13.8 Å². The Kier molecular flexibility index (Phi) is 3.63. The lowest BCUT2D eigenvalue weighted by Crippen LogP contribution is -2.00. The fourth-order valence-corrected chi connectivity index (χ4v) is 1.66. The topological polar surface area (TPSA) is 44.6 Å². The summed E-state index contributed by atoms with van der Waals surface area (Å²) in [6.45, 7) is 3.85. The van der Waals surface area contributed by atoms with Crippen LogP contribution in [-0.2, 0) is 0 Å². The second kappa shape index (κ2) is 5.36. The van der Waals surface area contributed by atoms with Gasteiger partial charge in [-0.2, -0.15) is 5.10 Å². The van der Waals surface area contributed by atoms with E-state index in [9.17, 15) is 5.11 Å². The number of benzene rings is 2. The molecule has 2 aromatic rings. The Morgan fingerprint density at radius 3 is 2.56 bits per heavy atom. The van der Waals surface area contributed by atoms with Gasteiger partial charge < -0.3 is 5.11 Å². The smallest absolute Gasteiger partial charge is 0.124 e. The van der Waals surface area contributed by atoms with Crippen molar-refractivity contribution < 1.29 is 5.11 Å². The molecule has 2 aromatic carbocycles. The zero-order valence-electron chi connectivity index (χ0n) is 10.5. The molecule has 0 aliphatic carbocycles.